The molecule has 4 unspecified atom stereocenters. The van der Waals surface area contributed by atoms with Gasteiger partial charge in [-0.05, 0) is 13.8 Å². The van der Waals surface area contributed by atoms with Crippen LogP contribution < -0.4 is 10.6 Å². The highest BCUT2D eigenvalue weighted by Gasteiger charge is 2.80. The highest BCUT2D eigenvalue weighted by Crippen LogP contribution is 2.62. The van der Waals surface area contributed by atoms with Gasteiger partial charge in [0.05, 0.1) is 36.1 Å². The molecular weight excluding hydrogens is 320 g/mol. The number of urea groups is 2. The molecule has 0 aromatic carbocycles. The maximum atomic E-state index is 12.5. The lowest BCUT2D eigenvalue weighted by atomic mass is 9.42. The van der Waals surface area contributed by atoms with Crippen molar-refractivity contribution in [1.29, 1.82) is 0 Å². The first-order valence-corrected chi connectivity index (χ1v) is 7.71. The Morgan fingerprint density at radius 2 is 1.17 bits per heavy atom. The highest BCUT2D eigenvalue weighted by atomic mass is 16.3. The van der Waals surface area contributed by atoms with E-state index in [0.717, 1.165) is 0 Å². The van der Waals surface area contributed by atoms with Crippen LogP contribution in [0.1, 0.15) is 13.8 Å². The van der Waals surface area contributed by atoms with Gasteiger partial charge in [-0.15, -0.1) is 0 Å². The molecule has 10 nitrogen and oxygen atoms in total. The number of imide groups is 2. The van der Waals surface area contributed by atoms with Crippen molar-refractivity contribution in [3.05, 3.63) is 0 Å². The summed E-state index contributed by atoms with van der Waals surface area (Å²) in [5.41, 5.74) is -2.50. The van der Waals surface area contributed by atoms with Gasteiger partial charge in [-0.3, -0.25) is 20.2 Å². The van der Waals surface area contributed by atoms with Crippen molar-refractivity contribution >= 4 is 23.9 Å². The van der Waals surface area contributed by atoms with Gasteiger partial charge in [-0.2, -0.15) is 0 Å². The van der Waals surface area contributed by atoms with Crippen LogP contribution in [0.5, 0.6) is 0 Å². The molecule has 132 valence electrons. The molecule has 24 heavy (non-hydrogen) atoms. The molecule has 0 radical (unpaired) electrons. The fourth-order valence-corrected chi connectivity index (χ4v) is 4.40. The molecule has 2 heterocycles. The molecule has 0 aromatic heterocycles. The molecule has 1 saturated carbocycles. The third-order valence-corrected chi connectivity index (χ3v) is 5.82. The molecule has 0 spiro atoms. The fourth-order valence-electron chi connectivity index (χ4n) is 4.40. The van der Waals surface area contributed by atoms with Crippen LogP contribution in [-0.4, -0.2) is 82.3 Å². The van der Waals surface area contributed by atoms with Crippen LogP contribution in [0.3, 0.4) is 0 Å². The smallest absolute Gasteiger partial charge is 0.324 e. The molecule has 3 fully saturated rings. The summed E-state index contributed by atoms with van der Waals surface area (Å²) in [4.78, 5) is 52.0. The summed E-state index contributed by atoms with van der Waals surface area (Å²) in [7, 11) is 0. The number of nitrogens with one attached hydrogen (secondary N) is 2. The molecule has 4 N–H and O–H groups in total. The number of fused-ring (bicyclic) bond motifs is 4. The molecule has 0 aromatic rings. The first-order chi connectivity index (χ1) is 11.2. The van der Waals surface area contributed by atoms with Crippen molar-refractivity contribution < 1.29 is 29.4 Å². The lowest BCUT2D eigenvalue weighted by molar-refractivity contribution is -0.214. The third kappa shape index (κ3) is 1.67. The molecule has 0 bridgehead atoms. The van der Waals surface area contributed by atoms with E-state index in [0.29, 0.717) is 0 Å². The average molecular weight is 340 g/mol. The average Bonchev–Trinajstić information content (AvgIpc) is 2.52. The maximum Gasteiger partial charge on any atom is 0.324 e. The maximum absolute atomic E-state index is 12.5. The number of hydrogen-bond donors (Lipinski definition) is 4. The predicted octanol–water partition coefficient (Wildman–Crippen LogP) is -2.16. The summed E-state index contributed by atoms with van der Waals surface area (Å²) in [5, 5.41) is 22.9. The van der Waals surface area contributed by atoms with Crippen LogP contribution in [0.2, 0.25) is 0 Å². The quantitative estimate of drug-likeness (QED) is 0.460. The summed E-state index contributed by atoms with van der Waals surface area (Å²) in [6.07, 6.45) is 0. The minimum absolute atomic E-state index is 0.0330. The number of amides is 6. The monoisotopic (exact) mass is 340 g/mol. The van der Waals surface area contributed by atoms with Crippen LogP contribution in [0.4, 0.5) is 9.59 Å². The Bertz CT molecular complexity index is 585. The van der Waals surface area contributed by atoms with Crippen molar-refractivity contribution in [3.8, 4) is 0 Å². The molecule has 6 amide bonds. The van der Waals surface area contributed by atoms with E-state index in [9.17, 15) is 29.4 Å². The van der Waals surface area contributed by atoms with Crippen LogP contribution in [-0.2, 0) is 9.59 Å². The Morgan fingerprint density at radius 3 is 1.46 bits per heavy atom. The van der Waals surface area contributed by atoms with Crippen LogP contribution >= 0.6 is 0 Å². The zero-order valence-electron chi connectivity index (χ0n) is 13.4. The first kappa shape index (κ1) is 16.7. The van der Waals surface area contributed by atoms with Gasteiger partial charge in [0.25, 0.3) is 0 Å². The molecule has 3 rings (SSSR count). The Balaban J connectivity index is 2.11. The van der Waals surface area contributed by atoms with Crippen LogP contribution in [0.25, 0.3) is 0 Å². The van der Waals surface area contributed by atoms with Crippen molar-refractivity contribution in [2.45, 2.75) is 25.9 Å². The van der Waals surface area contributed by atoms with Gasteiger partial charge in [0.1, 0.15) is 0 Å². The summed E-state index contributed by atoms with van der Waals surface area (Å²) in [5.74, 6) is -1.17. The molecule has 4 atom stereocenters. The van der Waals surface area contributed by atoms with Crippen molar-refractivity contribution in [2.75, 3.05) is 26.3 Å². The van der Waals surface area contributed by atoms with Crippen molar-refractivity contribution in [1.82, 2.24) is 20.4 Å². The minimum Gasteiger partial charge on any atom is -0.395 e. The second kappa shape index (κ2) is 5.15. The van der Waals surface area contributed by atoms with E-state index >= 15 is 0 Å². The third-order valence-electron chi connectivity index (χ3n) is 5.82. The Hall–Kier alpha value is -2.20. The fraction of sp³-hybridized carbons (Fsp3) is 0.714. The van der Waals surface area contributed by atoms with Crippen molar-refractivity contribution in [2.24, 2.45) is 10.8 Å². The Morgan fingerprint density at radius 1 is 0.833 bits per heavy atom. The lowest BCUT2D eigenvalue weighted by Crippen LogP contribution is -2.91. The Kier molecular flexibility index (Phi) is 3.57. The van der Waals surface area contributed by atoms with Gasteiger partial charge in [-0.25, -0.2) is 9.59 Å². The van der Waals surface area contributed by atoms with Gasteiger partial charge in [0.15, 0.2) is 0 Å². The largest absolute Gasteiger partial charge is 0.395 e. The first-order valence-electron chi connectivity index (χ1n) is 7.71. The zero-order valence-corrected chi connectivity index (χ0v) is 13.4. The molecule has 1 aliphatic carbocycles. The number of aliphatic hydroxyl groups excluding tert-OH is 2. The number of aliphatic hydroxyl groups is 2. The van der Waals surface area contributed by atoms with Gasteiger partial charge in [-0.1, -0.05) is 0 Å². The summed E-state index contributed by atoms with van der Waals surface area (Å²) < 4.78 is 0. The SMILES string of the molecule is CC12C(=O)NC(=O)N(CCO)C1C1N(CCO)C(=O)NC(=O)C12C. The van der Waals surface area contributed by atoms with Crippen LogP contribution in [0, 0.1) is 10.8 Å². The van der Waals surface area contributed by atoms with E-state index in [1.165, 1.54) is 9.80 Å². The summed E-state index contributed by atoms with van der Waals surface area (Å²) in [6.45, 7) is 2.44. The van der Waals surface area contributed by atoms with E-state index in [1.807, 2.05) is 0 Å². The van der Waals surface area contributed by atoms with Gasteiger partial charge in [0.2, 0.25) is 11.8 Å². The van der Waals surface area contributed by atoms with Crippen molar-refractivity contribution in [3.63, 3.8) is 0 Å². The summed E-state index contributed by atoms with van der Waals surface area (Å²) in [6, 6.07) is -2.84. The van der Waals surface area contributed by atoms with E-state index < -0.39 is 46.8 Å². The number of carbonyl (C=O) groups is 4. The molecule has 10 heteroatoms. The Labute approximate surface area is 137 Å². The molecular formula is C14H20N4O6. The lowest BCUT2D eigenvalue weighted by Gasteiger charge is -2.71. The van der Waals surface area contributed by atoms with E-state index in [-0.39, 0.29) is 26.3 Å². The van der Waals surface area contributed by atoms with Crippen LogP contribution in [0.15, 0.2) is 0 Å². The van der Waals surface area contributed by atoms with E-state index in [2.05, 4.69) is 10.6 Å². The number of hydrogen-bond acceptors (Lipinski definition) is 6. The topological polar surface area (TPSA) is 139 Å². The van der Waals surface area contributed by atoms with E-state index in [4.69, 9.17) is 0 Å². The van der Waals surface area contributed by atoms with E-state index in [1.54, 1.807) is 13.8 Å². The second-order valence-corrected chi connectivity index (χ2v) is 6.65. The molecule has 2 saturated heterocycles. The number of nitrogens with zero attached hydrogens (tertiary/aromatic N) is 2. The summed E-state index contributed by atoms with van der Waals surface area (Å²) >= 11 is 0. The van der Waals surface area contributed by atoms with Gasteiger partial charge in [0, 0.05) is 13.1 Å². The number of rotatable bonds is 4. The highest BCUT2D eigenvalue weighted by molar-refractivity contribution is 6.10. The second-order valence-electron chi connectivity index (χ2n) is 6.65. The number of β-amino-alcohol motifs (C(OH)–C–C–N with tert-alkyl or cyclic N) is 2. The standard InChI is InChI=1S/C14H20N4O6/c1-13-7(17(3-5-19)11(23)15-9(13)21)8-14(13,2)10(22)16-12(24)18(8)4-6-20/h7-8,19-20H,3-6H2,1-2H3,(H,15,21,23)(H,16,22,24). The normalized spacial score (nSPS) is 38.2. The molecule has 2 aliphatic heterocycles. The number of carbonyl (C=O) groups excluding carboxylic acids is 4. The minimum atomic E-state index is -1.25. The van der Waals surface area contributed by atoms with Gasteiger partial charge < -0.3 is 20.0 Å². The predicted molar refractivity (Wildman–Crippen MR) is 78.5 cm³/mol. The molecule has 3 aliphatic rings. The van der Waals surface area contributed by atoms with Gasteiger partial charge >= 0.3 is 12.1 Å². The zero-order chi connectivity index (χ0) is 17.9.